The molecule has 1 atom stereocenters. The Morgan fingerprint density at radius 2 is 1.86 bits per heavy atom. The Hall–Kier alpha value is -4.95. The van der Waals surface area contributed by atoms with Crippen molar-refractivity contribution in [2.24, 2.45) is 9.98 Å². The van der Waals surface area contributed by atoms with Gasteiger partial charge in [-0.15, -0.1) is 21.5 Å². The smallest absolute Gasteiger partial charge is 0.163 e. The van der Waals surface area contributed by atoms with E-state index >= 15 is 0 Å². The number of aliphatic hydroxyl groups is 1. The van der Waals surface area contributed by atoms with E-state index < -0.39 is 0 Å². The number of benzene rings is 2. The number of rotatable bonds is 12. The summed E-state index contributed by atoms with van der Waals surface area (Å²) in [6.07, 6.45) is 13.5. The molecule has 0 bridgehead atoms. The van der Waals surface area contributed by atoms with Crippen molar-refractivity contribution < 1.29 is 14.6 Å². The zero-order valence-electron chi connectivity index (χ0n) is 29.1. The summed E-state index contributed by atoms with van der Waals surface area (Å²) >= 11 is 1.77. The third-order valence-corrected chi connectivity index (χ3v) is 9.72. The van der Waals surface area contributed by atoms with Crippen LogP contribution >= 0.6 is 11.3 Å². The standard InChI is InChI=1S/C39H40N6O2S.CH4O/c1-26-27(2)48-39-36(26)37(42-35(25-34-13-7-18-41-34)38-44-43-28(3)45(38)39)32-16-14-29(15-17-32)12-9-21-47-20-6-4-5-10-30-22-31(11-8-19-46)24-33(40)23-30;1-2/h4-5,7,14-19,22-24,35H,6,8,10-11,13,20-21,25,40H2,1-3H3;2H,1H3/b5-4+;/t35-;/m0./s1. The molecule has 50 heavy (non-hydrogen) atoms. The van der Waals surface area contributed by atoms with Crippen molar-refractivity contribution in [1.82, 2.24) is 14.8 Å². The first-order valence-corrected chi connectivity index (χ1v) is 17.6. The fourth-order valence-electron chi connectivity index (χ4n) is 6.02. The highest BCUT2D eigenvalue weighted by Crippen LogP contribution is 2.40. The Labute approximate surface area is 298 Å². The van der Waals surface area contributed by atoms with Crippen LogP contribution in [-0.4, -0.2) is 57.9 Å². The number of aldehydes is 1. The van der Waals surface area contributed by atoms with Crippen molar-refractivity contribution in [2.45, 2.75) is 65.3 Å². The maximum atomic E-state index is 10.7. The number of carbonyl (C=O) groups is 1. The SMILES string of the molecule is CO.Cc1sc2c(c1C)C(c1ccc(C#CCOCC/C=C/Cc3cc(N)cc(CCC=O)c3)cc1)=N[C@@H](CC1=NC=CC1)c1nnc(C)n1-2. The second-order valence-corrected chi connectivity index (χ2v) is 13.3. The van der Waals surface area contributed by atoms with Gasteiger partial charge in [-0.05, 0) is 81.0 Å². The van der Waals surface area contributed by atoms with Gasteiger partial charge in [0.2, 0.25) is 0 Å². The number of fused-ring (bicyclic) bond motifs is 3. The van der Waals surface area contributed by atoms with Crippen LogP contribution in [0.5, 0.6) is 0 Å². The van der Waals surface area contributed by atoms with Gasteiger partial charge < -0.3 is 20.4 Å². The number of hydrogen-bond donors (Lipinski definition) is 2. The largest absolute Gasteiger partial charge is 0.400 e. The molecule has 2 aromatic heterocycles. The zero-order chi connectivity index (χ0) is 35.5. The highest BCUT2D eigenvalue weighted by molar-refractivity contribution is 7.15. The van der Waals surface area contributed by atoms with Crippen molar-refractivity contribution in [3.63, 3.8) is 0 Å². The molecule has 0 unspecified atom stereocenters. The van der Waals surface area contributed by atoms with E-state index in [1.807, 2.05) is 25.3 Å². The molecule has 6 rings (SSSR count). The molecule has 0 aliphatic carbocycles. The normalized spacial score (nSPS) is 14.5. The molecule has 0 radical (unpaired) electrons. The number of nitrogen functional groups attached to an aromatic ring is 1. The summed E-state index contributed by atoms with van der Waals surface area (Å²) in [5.74, 6) is 8.11. The van der Waals surface area contributed by atoms with Crippen LogP contribution in [0.25, 0.3) is 5.00 Å². The van der Waals surface area contributed by atoms with Crippen LogP contribution in [0, 0.1) is 32.6 Å². The Morgan fingerprint density at radius 1 is 1.06 bits per heavy atom. The van der Waals surface area contributed by atoms with Gasteiger partial charge in [0.05, 0.1) is 12.3 Å². The lowest BCUT2D eigenvalue weighted by Gasteiger charge is -2.13. The molecular weight excluding hydrogens is 645 g/mol. The number of ether oxygens (including phenoxy) is 1. The number of nitrogens with zero attached hydrogens (tertiary/aromatic N) is 5. The highest BCUT2D eigenvalue weighted by Gasteiger charge is 2.32. The zero-order valence-corrected chi connectivity index (χ0v) is 30.0. The Morgan fingerprint density at radius 3 is 2.62 bits per heavy atom. The van der Waals surface area contributed by atoms with Crippen molar-refractivity contribution in [2.75, 3.05) is 26.1 Å². The summed E-state index contributed by atoms with van der Waals surface area (Å²) in [4.78, 5) is 21.9. The average molecular weight is 689 g/mol. The second-order valence-electron chi connectivity index (χ2n) is 12.1. The maximum absolute atomic E-state index is 10.7. The summed E-state index contributed by atoms with van der Waals surface area (Å²) in [5, 5.41) is 17.2. The number of aliphatic hydroxyl groups excluding tert-OH is 1. The maximum Gasteiger partial charge on any atom is 0.163 e. The van der Waals surface area contributed by atoms with Crippen molar-refractivity contribution in [3.8, 4) is 16.8 Å². The van der Waals surface area contributed by atoms with Crippen LogP contribution in [0.15, 0.2) is 76.9 Å². The van der Waals surface area contributed by atoms with E-state index in [-0.39, 0.29) is 6.04 Å². The molecule has 3 N–H and O–H groups in total. The summed E-state index contributed by atoms with van der Waals surface area (Å²) in [6.45, 7) is 7.31. The predicted octanol–water partition coefficient (Wildman–Crippen LogP) is 6.77. The van der Waals surface area contributed by atoms with Crippen LogP contribution < -0.4 is 5.73 Å². The molecular formula is C40H44N6O3S. The fourth-order valence-corrected chi connectivity index (χ4v) is 7.24. The van der Waals surface area contributed by atoms with E-state index in [1.165, 1.54) is 10.4 Å². The lowest BCUT2D eigenvalue weighted by atomic mass is 9.98. The van der Waals surface area contributed by atoms with E-state index in [0.717, 1.165) is 101 Å². The molecule has 9 nitrogen and oxygen atoms in total. The molecule has 0 saturated heterocycles. The third-order valence-electron chi connectivity index (χ3n) is 8.52. The predicted molar refractivity (Wildman–Crippen MR) is 203 cm³/mol. The lowest BCUT2D eigenvalue weighted by molar-refractivity contribution is -0.107. The monoisotopic (exact) mass is 688 g/mol. The minimum absolute atomic E-state index is 0.185. The molecule has 0 fully saturated rings. The van der Waals surface area contributed by atoms with E-state index in [1.54, 1.807) is 11.3 Å². The molecule has 258 valence electrons. The van der Waals surface area contributed by atoms with Crippen LogP contribution in [0.2, 0.25) is 0 Å². The molecule has 0 amide bonds. The van der Waals surface area contributed by atoms with Crippen LogP contribution in [0.4, 0.5) is 5.69 Å². The van der Waals surface area contributed by atoms with Crippen LogP contribution in [0.1, 0.15) is 81.6 Å². The number of thiophene rings is 1. The third kappa shape index (κ3) is 8.79. The fraction of sp³-hybridized carbons (Fsp3) is 0.325. The molecule has 0 saturated carbocycles. The first-order valence-electron chi connectivity index (χ1n) is 16.8. The van der Waals surface area contributed by atoms with Gasteiger partial charge in [-0.1, -0.05) is 48.3 Å². The second kappa shape index (κ2) is 17.6. The average Bonchev–Trinajstić information content (AvgIpc) is 3.83. The summed E-state index contributed by atoms with van der Waals surface area (Å²) in [5.41, 5.74) is 15.4. The number of nitrogens with two attached hydrogens (primary N) is 1. The van der Waals surface area contributed by atoms with Gasteiger partial charge in [-0.3, -0.25) is 14.6 Å². The minimum Gasteiger partial charge on any atom is -0.400 e. The summed E-state index contributed by atoms with van der Waals surface area (Å²) in [6, 6.07) is 14.2. The first kappa shape index (κ1) is 36.3. The minimum atomic E-state index is -0.185. The van der Waals surface area contributed by atoms with Gasteiger partial charge >= 0.3 is 0 Å². The number of carbonyl (C=O) groups excluding carboxylic acids is 1. The van der Waals surface area contributed by atoms with Gasteiger partial charge in [0, 0.05) is 65.5 Å². The van der Waals surface area contributed by atoms with E-state index in [4.69, 9.17) is 20.6 Å². The number of aromatic nitrogens is 3. The summed E-state index contributed by atoms with van der Waals surface area (Å²) < 4.78 is 7.94. The topological polar surface area (TPSA) is 128 Å². The lowest BCUT2D eigenvalue weighted by Crippen LogP contribution is -2.10. The van der Waals surface area contributed by atoms with Gasteiger partial charge in [-0.25, -0.2) is 0 Å². The molecule has 0 spiro atoms. The summed E-state index contributed by atoms with van der Waals surface area (Å²) in [7, 11) is 1.00. The number of anilines is 1. The highest BCUT2D eigenvalue weighted by atomic mass is 32.1. The van der Waals surface area contributed by atoms with Crippen molar-refractivity contribution >= 4 is 34.7 Å². The number of aliphatic imine (C=N–C) groups is 2. The molecule has 4 aromatic rings. The molecule has 4 heterocycles. The van der Waals surface area contributed by atoms with E-state index in [9.17, 15) is 4.79 Å². The quantitative estimate of drug-likeness (QED) is 0.0556. The molecule has 10 heteroatoms. The number of aryl methyl sites for hydroxylation is 3. The van der Waals surface area contributed by atoms with Gasteiger partial charge in [0.15, 0.2) is 5.82 Å². The van der Waals surface area contributed by atoms with Gasteiger partial charge in [0.1, 0.15) is 29.8 Å². The van der Waals surface area contributed by atoms with Crippen LogP contribution in [-0.2, 0) is 22.4 Å². The molecule has 2 aromatic carbocycles. The Kier molecular flexibility index (Phi) is 12.8. The van der Waals surface area contributed by atoms with E-state index in [2.05, 4.69) is 94.0 Å². The van der Waals surface area contributed by atoms with Crippen molar-refractivity contribution in [3.05, 3.63) is 117 Å². The van der Waals surface area contributed by atoms with Crippen LogP contribution in [0.3, 0.4) is 0 Å². The van der Waals surface area contributed by atoms with Gasteiger partial charge in [-0.2, -0.15) is 0 Å². The Bertz CT molecular complexity index is 1990. The van der Waals surface area contributed by atoms with Crippen molar-refractivity contribution in [1.29, 1.82) is 0 Å². The number of hydrogen-bond acceptors (Lipinski definition) is 9. The van der Waals surface area contributed by atoms with Gasteiger partial charge in [0.25, 0.3) is 0 Å². The van der Waals surface area contributed by atoms with E-state index in [0.29, 0.717) is 26.1 Å². The first-order chi connectivity index (χ1) is 24.4. The molecule has 2 aliphatic rings. The Balaban J connectivity index is 0.00000239. The molecule has 2 aliphatic heterocycles. The number of allylic oxidation sites excluding steroid dienone is 2.